The van der Waals surface area contributed by atoms with Crippen molar-refractivity contribution in [2.24, 2.45) is 5.92 Å². The number of aromatic nitrogens is 2. The van der Waals surface area contributed by atoms with Crippen LogP contribution in [0.1, 0.15) is 23.7 Å². The number of thiophene rings is 1. The van der Waals surface area contributed by atoms with Crippen LogP contribution in [0, 0.1) is 5.92 Å². The Morgan fingerprint density at radius 1 is 1.37 bits per heavy atom. The maximum Gasteiger partial charge on any atom is 0.294 e. The lowest BCUT2D eigenvalue weighted by Crippen LogP contribution is -2.18. The molecule has 19 heavy (non-hydrogen) atoms. The molecule has 2 aromatic rings. The Morgan fingerprint density at radius 2 is 2.26 bits per heavy atom. The standard InChI is InChI=1S/C13H19N3OS2/c1-10(2)8-14-9-12-15-16-13(19-12)17-6-5-11-4-3-7-18-11/h3-4,7,10,14H,5-6,8-9H2,1-2H3. The van der Waals surface area contributed by atoms with Gasteiger partial charge in [0.25, 0.3) is 5.19 Å². The van der Waals surface area contributed by atoms with Crippen molar-refractivity contribution in [2.45, 2.75) is 26.8 Å². The molecule has 0 radical (unpaired) electrons. The Kier molecular flexibility index (Phi) is 5.75. The van der Waals surface area contributed by atoms with Crippen molar-refractivity contribution in [1.29, 1.82) is 0 Å². The maximum absolute atomic E-state index is 5.61. The van der Waals surface area contributed by atoms with Crippen molar-refractivity contribution in [3.8, 4) is 5.19 Å². The van der Waals surface area contributed by atoms with Gasteiger partial charge in [-0.2, -0.15) is 0 Å². The van der Waals surface area contributed by atoms with E-state index in [4.69, 9.17) is 4.74 Å². The van der Waals surface area contributed by atoms with Gasteiger partial charge in [-0.25, -0.2) is 0 Å². The minimum absolute atomic E-state index is 0.648. The molecule has 0 atom stereocenters. The summed E-state index contributed by atoms with van der Waals surface area (Å²) in [6.45, 7) is 6.80. The zero-order valence-electron chi connectivity index (χ0n) is 11.3. The van der Waals surface area contributed by atoms with Gasteiger partial charge in [0.15, 0.2) is 0 Å². The van der Waals surface area contributed by atoms with Crippen molar-refractivity contribution < 1.29 is 4.74 Å². The SMILES string of the molecule is CC(C)CNCc1nnc(OCCc2cccs2)s1. The van der Waals surface area contributed by atoms with E-state index in [1.165, 1.54) is 16.2 Å². The molecule has 0 saturated heterocycles. The maximum atomic E-state index is 5.61. The molecule has 0 bridgehead atoms. The molecule has 0 saturated carbocycles. The van der Waals surface area contributed by atoms with Gasteiger partial charge >= 0.3 is 0 Å². The number of nitrogens with zero attached hydrogens (tertiary/aromatic N) is 2. The first-order valence-corrected chi connectivity index (χ1v) is 8.12. The molecule has 0 unspecified atom stereocenters. The summed E-state index contributed by atoms with van der Waals surface area (Å²) in [4.78, 5) is 1.34. The van der Waals surface area contributed by atoms with E-state index in [0.29, 0.717) is 17.7 Å². The number of nitrogens with one attached hydrogen (secondary N) is 1. The molecule has 4 nitrogen and oxygen atoms in total. The monoisotopic (exact) mass is 297 g/mol. The van der Waals surface area contributed by atoms with Gasteiger partial charge in [-0.05, 0) is 23.9 Å². The molecule has 2 aromatic heterocycles. The van der Waals surface area contributed by atoms with E-state index in [9.17, 15) is 0 Å². The third-order valence-electron chi connectivity index (χ3n) is 2.43. The highest BCUT2D eigenvalue weighted by molar-refractivity contribution is 7.13. The second-order valence-corrected chi connectivity index (χ2v) is 6.72. The molecule has 0 aromatic carbocycles. The molecule has 0 aliphatic carbocycles. The number of hydrogen-bond donors (Lipinski definition) is 1. The van der Waals surface area contributed by atoms with Crippen molar-refractivity contribution in [1.82, 2.24) is 15.5 Å². The van der Waals surface area contributed by atoms with Gasteiger partial charge in [-0.1, -0.05) is 31.3 Å². The molecule has 0 amide bonds. The smallest absolute Gasteiger partial charge is 0.294 e. The van der Waals surface area contributed by atoms with Gasteiger partial charge in [0.1, 0.15) is 5.01 Å². The van der Waals surface area contributed by atoms with Crippen LogP contribution in [0.3, 0.4) is 0 Å². The van der Waals surface area contributed by atoms with Crippen molar-refractivity contribution in [3.05, 3.63) is 27.4 Å². The van der Waals surface area contributed by atoms with E-state index >= 15 is 0 Å². The number of hydrogen-bond acceptors (Lipinski definition) is 6. The molecule has 104 valence electrons. The third kappa shape index (κ3) is 5.26. The molecular formula is C13H19N3OS2. The predicted octanol–water partition coefficient (Wildman–Crippen LogP) is 2.97. The summed E-state index contributed by atoms with van der Waals surface area (Å²) in [5, 5.41) is 15.2. The quantitative estimate of drug-likeness (QED) is 0.814. The van der Waals surface area contributed by atoms with E-state index in [0.717, 1.165) is 24.5 Å². The Labute approximate surface area is 121 Å². The molecule has 6 heteroatoms. The van der Waals surface area contributed by atoms with Gasteiger partial charge < -0.3 is 10.1 Å². The molecule has 0 aliphatic heterocycles. The lowest BCUT2D eigenvalue weighted by Gasteiger charge is -2.04. The minimum Gasteiger partial charge on any atom is -0.469 e. The van der Waals surface area contributed by atoms with E-state index in [-0.39, 0.29) is 0 Å². The Morgan fingerprint density at radius 3 is 3.00 bits per heavy atom. The Hall–Kier alpha value is -0.980. The highest BCUT2D eigenvalue weighted by Crippen LogP contribution is 2.18. The topological polar surface area (TPSA) is 47.0 Å². The van der Waals surface area contributed by atoms with E-state index in [2.05, 4.69) is 46.9 Å². The fourth-order valence-electron chi connectivity index (χ4n) is 1.53. The van der Waals surface area contributed by atoms with Gasteiger partial charge in [0.2, 0.25) is 0 Å². The van der Waals surface area contributed by atoms with E-state index in [1.54, 1.807) is 11.3 Å². The van der Waals surface area contributed by atoms with Gasteiger partial charge in [0, 0.05) is 17.8 Å². The van der Waals surface area contributed by atoms with Crippen LogP contribution in [-0.2, 0) is 13.0 Å². The van der Waals surface area contributed by atoms with Gasteiger partial charge in [0.05, 0.1) is 6.61 Å². The van der Waals surface area contributed by atoms with Crippen LogP contribution in [0.15, 0.2) is 17.5 Å². The normalized spacial score (nSPS) is 11.1. The summed E-state index contributed by atoms with van der Waals surface area (Å²) < 4.78 is 5.61. The summed E-state index contributed by atoms with van der Waals surface area (Å²) in [7, 11) is 0. The van der Waals surface area contributed by atoms with Crippen LogP contribution < -0.4 is 10.1 Å². The van der Waals surface area contributed by atoms with Crippen LogP contribution in [0.25, 0.3) is 0 Å². The van der Waals surface area contributed by atoms with Crippen LogP contribution in [-0.4, -0.2) is 23.3 Å². The highest BCUT2D eigenvalue weighted by atomic mass is 32.1. The summed E-state index contributed by atoms with van der Waals surface area (Å²) in [5.41, 5.74) is 0. The second kappa shape index (κ2) is 7.57. The minimum atomic E-state index is 0.648. The summed E-state index contributed by atoms with van der Waals surface area (Å²) >= 11 is 3.27. The molecule has 2 heterocycles. The summed E-state index contributed by atoms with van der Waals surface area (Å²) in [6, 6.07) is 4.18. The fourth-order valence-corrected chi connectivity index (χ4v) is 2.90. The summed E-state index contributed by atoms with van der Waals surface area (Å²) in [5.74, 6) is 0.648. The average molecular weight is 297 g/mol. The fraction of sp³-hybridized carbons (Fsp3) is 0.538. The first kappa shape index (κ1) is 14.4. The van der Waals surface area contributed by atoms with Gasteiger partial charge in [-0.15, -0.1) is 21.5 Å². The molecule has 1 N–H and O–H groups in total. The second-order valence-electron chi connectivity index (χ2n) is 4.66. The van der Waals surface area contributed by atoms with Crippen molar-refractivity contribution >= 4 is 22.7 Å². The zero-order chi connectivity index (χ0) is 13.5. The largest absolute Gasteiger partial charge is 0.469 e. The van der Waals surface area contributed by atoms with E-state index in [1.807, 2.05) is 0 Å². The first-order chi connectivity index (χ1) is 9.24. The summed E-state index contributed by atoms with van der Waals surface area (Å²) in [6.07, 6.45) is 0.929. The molecule has 2 rings (SSSR count). The first-order valence-electron chi connectivity index (χ1n) is 6.42. The number of ether oxygens (including phenoxy) is 1. The average Bonchev–Trinajstić information content (AvgIpc) is 3.00. The zero-order valence-corrected chi connectivity index (χ0v) is 12.9. The lowest BCUT2D eigenvalue weighted by molar-refractivity contribution is 0.318. The van der Waals surface area contributed by atoms with Gasteiger partial charge in [-0.3, -0.25) is 0 Å². The van der Waals surface area contributed by atoms with E-state index < -0.39 is 0 Å². The molecular weight excluding hydrogens is 278 g/mol. The Balaban J connectivity index is 1.68. The number of rotatable bonds is 8. The predicted molar refractivity (Wildman–Crippen MR) is 80.0 cm³/mol. The molecule has 0 spiro atoms. The lowest BCUT2D eigenvalue weighted by atomic mass is 10.2. The van der Waals surface area contributed by atoms with Crippen LogP contribution >= 0.6 is 22.7 Å². The van der Waals surface area contributed by atoms with Crippen molar-refractivity contribution in [3.63, 3.8) is 0 Å². The Bertz CT molecular complexity index is 468. The molecule has 0 fully saturated rings. The third-order valence-corrected chi connectivity index (χ3v) is 4.20. The highest BCUT2D eigenvalue weighted by Gasteiger charge is 2.05. The van der Waals surface area contributed by atoms with Crippen LogP contribution in [0.5, 0.6) is 5.19 Å². The molecule has 0 aliphatic rings. The van der Waals surface area contributed by atoms with Crippen LogP contribution in [0.4, 0.5) is 0 Å². The van der Waals surface area contributed by atoms with Crippen LogP contribution in [0.2, 0.25) is 0 Å². The van der Waals surface area contributed by atoms with Crippen molar-refractivity contribution in [2.75, 3.05) is 13.2 Å².